The fourth-order valence-corrected chi connectivity index (χ4v) is 8.29. The number of hydrogen-bond acceptors (Lipinski definition) is 4. The molecule has 0 heterocycles. The van der Waals surface area contributed by atoms with Gasteiger partial charge in [-0.05, 0) is 106 Å². The van der Waals surface area contributed by atoms with Crippen molar-refractivity contribution in [1.29, 1.82) is 0 Å². The van der Waals surface area contributed by atoms with Gasteiger partial charge in [-0.3, -0.25) is 9.59 Å². The zero-order chi connectivity index (χ0) is 30.4. The van der Waals surface area contributed by atoms with E-state index in [0.717, 1.165) is 37.7 Å². The Morgan fingerprint density at radius 1 is 1.05 bits per heavy atom. The lowest BCUT2D eigenvalue weighted by Crippen LogP contribution is -2.52. The number of ether oxygens (including phenoxy) is 2. The fourth-order valence-electron chi connectivity index (χ4n) is 8.29. The van der Waals surface area contributed by atoms with Crippen LogP contribution in [0.1, 0.15) is 100 Å². The van der Waals surface area contributed by atoms with E-state index in [0.29, 0.717) is 36.4 Å². The van der Waals surface area contributed by atoms with Crippen molar-refractivity contribution in [2.75, 3.05) is 20.7 Å². The van der Waals surface area contributed by atoms with Gasteiger partial charge in [0, 0.05) is 19.6 Å². The van der Waals surface area contributed by atoms with Crippen LogP contribution >= 0.6 is 0 Å². The van der Waals surface area contributed by atoms with Crippen LogP contribution in [0.2, 0.25) is 0 Å². The highest BCUT2D eigenvalue weighted by molar-refractivity contribution is 5.98. The van der Waals surface area contributed by atoms with Crippen molar-refractivity contribution in [3.05, 3.63) is 23.3 Å². The highest BCUT2D eigenvalue weighted by atomic mass is 19.4. The smallest absolute Gasteiger partial charge is 0.394 e. The number of hydrogen-bond donors (Lipinski definition) is 1. The Balaban J connectivity index is 1.32. The van der Waals surface area contributed by atoms with E-state index in [9.17, 15) is 22.8 Å². The Labute approximate surface area is 248 Å². The van der Waals surface area contributed by atoms with Crippen LogP contribution in [0.3, 0.4) is 0 Å². The second-order valence-corrected chi connectivity index (χ2v) is 13.9. The topological polar surface area (TPSA) is 67.9 Å². The molecule has 4 aliphatic carbocycles. The molecule has 2 amide bonds. The van der Waals surface area contributed by atoms with Crippen LogP contribution < -0.4 is 14.8 Å². The van der Waals surface area contributed by atoms with Gasteiger partial charge in [0.2, 0.25) is 5.91 Å². The van der Waals surface area contributed by atoms with Gasteiger partial charge in [0.15, 0.2) is 0 Å². The highest BCUT2D eigenvalue weighted by Crippen LogP contribution is 2.53. The Morgan fingerprint density at radius 2 is 1.71 bits per heavy atom. The number of halogens is 3. The monoisotopic (exact) mass is 592 g/mol. The van der Waals surface area contributed by atoms with Crippen LogP contribution in [-0.2, 0) is 4.79 Å². The SMILES string of the molecule is CCC1(C(F)(F)F)CCC(Oc2cc(C(=O)N(C)[C@@H]3[C@H]4CC[C@H](C4)[C@@H]3C(=O)NCC3(C)CCC3)c(OC)cc2C)CC1. The van der Waals surface area contributed by atoms with E-state index >= 15 is 0 Å². The lowest BCUT2D eigenvalue weighted by Gasteiger charge is -2.41. The molecule has 0 unspecified atom stereocenters. The summed E-state index contributed by atoms with van der Waals surface area (Å²) in [5.41, 5.74) is -0.362. The normalized spacial score (nSPS) is 31.8. The summed E-state index contributed by atoms with van der Waals surface area (Å²) in [5.74, 6) is 1.06. The van der Waals surface area contributed by atoms with Gasteiger partial charge in [0.1, 0.15) is 11.5 Å². The number of rotatable bonds is 9. The maximum Gasteiger partial charge on any atom is 0.394 e. The summed E-state index contributed by atoms with van der Waals surface area (Å²) in [6, 6.07) is 3.25. The Kier molecular flexibility index (Phi) is 8.53. The molecule has 1 N–H and O–H groups in total. The number of alkyl halides is 3. The second-order valence-electron chi connectivity index (χ2n) is 13.9. The number of nitrogens with one attached hydrogen (secondary N) is 1. The number of nitrogens with zero attached hydrogens (tertiary/aromatic N) is 1. The summed E-state index contributed by atoms with van der Waals surface area (Å²) in [4.78, 5) is 29.3. The molecular weight excluding hydrogens is 545 g/mol. The number of aryl methyl sites for hydroxylation is 1. The van der Waals surface area contributed by atoms with Crippen molar-refractivity contribution in [2.24, 2.45) is 28.6 Å². The predicted molar refractivity (Wildman–Crippen MR) is 155 cm³/mol. The van der Waals surface area contributed by atoms with Gasteiger partial charge in [-0.25, -0.2) is 0 Å². The van der Waals surface area contributed by atoms with Crippen LogP contribution in [0.4, 0.5) is 13.2 Å². The first-order chi connectivity index (χ1) is 19.8. The zero-order valence-electron chi connectivity index (χ0n) is 25.7. The quantitative estimate of drug-likeness (QED) is 0.333. The Hall–Kier alpha value is -2.45. The minimum atomic E-state index is -4.23. The molecule has 6 nitrogen and oxygen atoms in total. The second kappa shape index (κ2) is 11.6. The van der Waals surface area contributed by atoms with E-state index in [4.69, 9.17) is 9.47 Å². The number of fused-ring (bicyclic) bond motifs is 2. The zero-order valence-corrected chi connectivity index (χ0v) is 25.7. The van der Waals surface area contributed by atoms with Crippen molar-refractivity contribution < 1.29 is 32.2 Å². The summed E-state index contributed by atoms with van der Waals surface area (Å²) in [6.45, 7) is 6.36. The summed E-state index contributed by atoms with van der Waals surface area (Å²) >= 11 is 0. The van der Waals surface area contributed by atoms with E-state index in [1.165, 1.54) is 13.5 Å². The largest absolute Gasteiger partial charge is 0.496 e. The van der Waals surface area contributed by atoms with Gasteiger partial charge in [-0.1, -0.05) is 20.3 Å². The van der Waals surface area contributed by atoms with E-state index in [1.807, 2.05) is 6.92 Å². The molecular formula is C33H47F3N2O4. The molecule has 4 aliphatic rings. The van der Waals surface area contributed by atoms with Gasteiger partial charge < -0.3 is 19.7 Å². The first-order valence-corrected chi connectivity index (χ1v) is 15.8. The van der Waals surface area contributed by atoms with Gasteiger partial charge in [0.25, 0.3) is 5.91 Å². The fraction of sp³-hybridized carbons (Fsp3) is 0.758. The third-order valence-corrected chi connectivity index (χ3v) is 11.4. The maximum absolute atomic E-state index is 14.1. The number of carbonyl (C=O) groups is 2. The van der Waals surface area contributed by atoms with Crippen LogP contribution in [0.15, 0.2) is 12.1 Å². The molecule has 4 fully saturated rings. The van der Waals surface area contributed by atoms with Crippen molar-refractivity contribution >= 4 is 11.8 Å². The molecule has 4 atom stereocenters. The predicted octanol–water partition coefficient (Wildman–Crippen LogP) is 7.08. The lowest BCUT2D eigenvalue weighted by molar-refractivity contribution is -0.239. The van der Waals surface area contributed by atoms with E-state index in [2.05, 4.69) is 12.2 Å². The molecule has 0 aromatic heterocycles. The minimum Gasteiger partial charge on any atom is -0.496 e. The number of amides is 2. The first kappa shape index (κ1) is 31.0. The average Bonchev–Trinajstić information content (AvgIpc) is 3.57. The molecule has 1 aromatic carbocycles. The molecule has 5 rings (SSSR count). The third kappa shape index (κ3) is 5.61. The summed E-state index contributed by atoms with van der Waals surface area (Å²) < 4.78 is 53.2. The molecule has 9 heteroatoms. The number of benzene rings is 1. The molecule has 0 saturated heterocycles. The first-order valence-electron chi connectivity index (χ1n) is 15.8. The van der Waals surface area contributed by atoms with Crippen molar-refractivity contribution in [1.82, 2.24) is 10.2 Å². The van der Waals surface area contributed by atoms with E-state index < -0.39 is 11.6 Å². The minimum absolute atomic E-state index is 0.0359. The van der Waals surface area contributed by atoms with Gasteiger partial charge in [-0.15, -0.1) is 0 Å². The molecule has 0 spiro atoms. The summed E-state index contributed by atoms with van der Waals surface area (Å²) in [6.07, 6.45) is 2.62. The Morgan fingerprint density at radius 3 is 2.29 bits per heavy atom. The van der Waals surface area contributed by atoms with Crippen molar-refractivity contribution in [3.63, 3.8) is 0 Å². The standard InChI is InChI=1S/C33H47F3N2O4/c1-6-32(33(34,35)36)14-10-23(11-15-32)42-25-18-24(26(41-5)16-20(25)2)30(40)38(4)28-22-9-8-21(17-22)27(28)29(39)37-19-31(3)12-7-13-31/h16,18,21-23,27-28H,6-15,17,19H2,1-5H3,(H,37,39)/t21-,22+,23?,27+,28-,32?/m1/s1. The average molecular weight is 593 g/mol. The van der Waals surface area contributed by atoms with E-state index in [-0.39, 0.29) is 66.4 Å². The van der Waals surface area contributed by atoms with E-state index in [1.54, 1.807) is 31.0 Å². The van der Waals surface area contributed by atoms with Gasteiger partial charge in [0.05, 0.1) is 30.1 Å². The lowest BCUT2D eigenvalue weighted by atomic mass is 9.70. The molecule has 4 saturated carbocycles. The maximum atomic E-state index is 14.1. The van der Waals surface area contributed by atoms with Crippen LogP contribution in [0, 0.1) is 35.5 Å². The molecule has 234 valence electrons. The van der Waals surface area contributed by atoms with Gasteiger partial charge in [-0.2, -0.15) is 13.2 Å². The molecule has 1 aromatic rings. The van der Waals surface area contributed by atoms with Crippen molar-refractivity contribution in [3.8, 4) is 11.5 Å². The molecule has 2 bridgehead atoms. The third-order valence-electron chi connectivity index (χ3n) is 11.4. The molecule has 0 aliphatic heterocycles. The Bertz CT molecular complexity index is 1170. The summed E-state index contributed by atoms with van der Waals surface area (Å²) in [5, 5.41) is 3.23. The van der Waals surface area contributed by atoms with Crippen LogP contribution in [0.5, 0.6) is 11.5 Å². The molecule has 0 radical (unpaired) electrons. The van der Waals surface area contributed by atoms with Crippen molar-refractivity contribution in [2.45, 2.75) is 110 Å². The number of methoxy groups -OCH3 is 1. The van der Waals surface area contributed by atoms with Crippen LogP contribution in [0.25, 0.3) is 0 Å². The summed E-state index contributed by atoms with van der Waals surface area (Å²) in [7, 11) is 3.30. The number of carbonyl (C=O) groups excluding carboxylic acids is 2. The van der Waals surface area contributed by atoms with Gasteiger partial charge >= 0.3 is 6.18 Å². The highest BCUT2D eigenvalue weighted by Gasteiger charge is 2.55. The van der Waals surface area contributed by atoms with Crippen LogP contribution in [-0.4, -0.2) is 55.7 Å². The molecule has 42 heavy (non-hydrogen) atoms.